The molecule has 3 amide bonds. The van der Waals surface area contributed by atoms with Crippen molar-refractivity contribution in [3.05, 3.63) is 314 Å². The van der Waals surface area contributed by atoms with E-state index in [-0.39, 0.29) is 53.1 Å². The number of cyclic esters (lactones) is 3. The van der Waals surface area contributed by atoms with Gasteiger partial charge >= 0.3 is 25.4 Å². The number of nitrogens with one attached hydrogen (secondary N) is 2. The number of carbonyl (C=O) groups is 3. The molecule has 10 aromatic rings. The Hall–Kier alpha value is -9.26. The first-order valence-corrected chi connectivity index (χ1v) is 45.1. The molecule has 4 aliphatic heterocycles. The zero-order chi connectivity index (χ0) is 89.7. The van der Waals surface area contributed by atoms with Crippen LogP contribution in [0.1, 0.15) is 219 Å². The minimum absolute atomic E-state index is 0.0384. The van der Waals surface area contributed by atoms with Crippen molar-refractivity contribution < 1.29 is 53.2 Å². The summed E-state index contributed by atoms with van der Waals surface area (Å²) in [7, 11) is -0.419. The van der Waals surface area contributed by atoms with Crippen LogP contribution < -0.4 is 22.1 Å². The van der Waals surface area contributed by atoms with Gasteiger partial charge < -0.3 is 68.1 Å². The predicted octanol–water partition coefficient (Wildman–Crippen LogP) is 20.5. The molecule has 124 heavy (non-hydrogen) atoms. The Labute approximate surface area is 761 Å². The normalized spacial score (nSPS) is 20.5. The molecule has 4 saturated heterocycles. The summed E-state index contributed by atoms with van der Waals surface area (Å²) in [6.07, 6.45) is 13.6. The Kier molecular flexibility index (Phi) is 31.2. The van der Waals surface area contributed by atoms with Crippen LogP contribution in [0.2, 0.25) is 5.15 Å². The van der Waals surface area contributed by atoms with E-state index in [4.69, 9.17) is 35.1 Å². The third-order valence-corrected chi connectivity index (χ3v) is 25.2. The molecule has 0 bridgehead atoms. The molecule has 16 rings (SSSR count). The average molecular weight is 1930 g/mol. The summed E-state index contributed by atoms with van der Waals surface area (Å²) >= 11 is 9.80. The fraction of sp³-hybridized carbons (Fsp3) is 0.404. The largest absolute Gasteiger partial charge is 0.494 e. The second kappa shape index (κ2) is 40.6. The van der Waals surface area contributed by atoms with Crippen LogP contribution in [-0.2, 0) is 40.3 Å². The maximum absolute atomic E-state index is 13.3. The van der Waals surface area contributed by atoms with Gasteiger partial charge in [0.05, 0.1) is 46.1 Å². The van der Waals surface area contributed by atoms with Crippen molar-refractivity contribution in [2.75, 3.05) is 19.6 Å². The minimum Gasteiger partial charge on any atom is -0.438 e. The Morgan fingerprint density at radius 2 is 0.823 bits per heavy atom. The van der Waals surface area contributed by atoms with Gasteiger partial charge in [-0.05, 0) is 245 Å². The van der Waals surface area contributed by atoms with Gasteiger partial charge in [-0.3, -0.25) is 14.4 Å². The number of pyridine rings is 4. The molecule has 6 aliphatic rings. The van der Waals surface area contributed by atoms with Crippen LogP contribution in [0.4, 0.5) is 14.4 Å². The number of hydrogen-bond donors (Lipinski definition) is 5. The Morgan fingerprint density at radius 1 is 0.468 bits per heavy atom. The molecule has 0 radical (unpaired) electrons. The molecule has 4 aromatic heterocycles. The molecule has 2 aliphatic carbocycles. The number of rotatable bonds is 19. The fourth-order valence-corrected chi connectivity index (χ4v) is 17.2. The maximum atomic E-state index is 13.3. The number of H-pyrrole nitrogens is 2. The van der Waals surface area contributed by atoms with Gasteiger partial charge in [0.1, 0.15) is 22.0 Å². The molecular formula is C99H117BClI2N7O14. The van der Waals surface area contributed by atoms with Crippen molar-refractivity contribution >= 4 is 87.6 Å². The summed E-state index contributed by atoms with van der Waals surface area (Å²) in [4.78, 5) is 88.4. The van der Waals surface area contributed by atoms with Crippen LogP contribution in [0.5, 0.6) is 0 Å². The summed E-state index contributed by atoms with van der Waals surface area (Å²) in [6.45, 7) is 28.5. The van der Waals surface area contributed by atoms with Gasteiger partial charge in [-0.2, -0.15) is 0 Å². The number of carbonyl (C=O) groups excluding carboxylic acids is 3. The predicted molar refractivity (Wildman–Crippen MR) is 505 cm³/mol. The average Bonchev–Trinajstić information content (AvgIpc) is 1.15. The van der Waals surface area contributed by atoms with E-state index < -0.39 is 51.9 Å². The lowest BCUT2D eigenvalue weighted by molar-refractivity contribution is -0.102. The number of aliphatic hydroxyl groups is 3. The van der Waals surface area contributed by atoms with Crippen molar-refractivity contribution in [3.63, 3.8) is 0 Å². The van der Waals surface area contributed by atoms with Crippen LogP contribution in [0.3, 0.4) is 0 Å². The molecule has 5 N–H and O–H groups in total. The van der Waals surface area contributed by atoms with E-state index in [0.29, 0.717) is 69.4 Å². The fourth-order valence-electron chi connectivity index (χ4n) is 15.9. The molecule has 0 unspecified atom stereocenters. The number of nitrogens with zero attached hydrogens (tertiary/aromatic N) is 5. The number of ether oxygens (including phenoxy) is 3. The Balaban J connectivity index is 0.000000162. The van der Waals surface area contributed by atoms with Crippen LogP contribution in [0.25, 0.3) is 22.3 Å². The van der Waals surface area contributed by atoms with E-state index in [1.165, 1.54) is 12.8 Å². The van der Waals surface area contributed by atoms with Crippen LogP contribution in [-0.4, -0.2) is 123 Å². The van der Waals surface area contributed by atoms with Crippen molar-refractivity contribution in [1.29, 1.82) is 0 Å². The Bertz CT molecular complexity index is 5380. The standard InChI is InChI=1S/C30H34N2O4.C28H38BNO5.C27H30N2O4.C5H3ClIN.C5H4INO.C4H8/c1-21(22-9-11-23(12-10-22)24-15-17-32(26-13-14-26)27(33)19-24)31-18-16-30(36-28(31)34,20-29(2,3)35)25-7-5-4-6-8-25;1-20(21-13-15-23(16-14-21)29-34-26(4,5)27(6,7)35-29)30-18-17-28(33-24(30)31,19-25(2,3)32)22-11-9-8-10-12-22;1-19(20-9-11-21(12-10-20)22-13-15-28-24(30)17-22)29-16-14-27(33-25(29)31,18-26(2,3)32)23-7-5-4-6-8-23;6-5-3-4(7)1-2-8-5;6-4-1-2-7-5(8)3-4;1-4-2-3-4/h4-12,15,17,19,21,26,35H,13-14,16,18,20H2,1-3H3;8-16,20,32H,17-19H2,1-7H3;4-13,15,17,19,32H,14,16,18H2,1-3H3,(H,28,30);1-3H;1-3H,(H,7,8);4H,2-3H2,1H3/t21-,30-;20-,28-;19-,27-;;;/m000.../s1. The lowest BCUT2D eigenvalue weighted by atomic mass is 9.78. The summed E-state index contributed by atoms with van der Waals surface area (Å²) in [6, 6.07) is 67.1. The lowest BCUT2D eigenvalue weighted by Crippen LogP contribution is -2.51. The second-order valence-corrected chi connectivity index (χ2v) is 39.1. The van der Waals surface area contributed by atoms with E-state index in [0.717, 1.165) is 87.0 Å². The molecule has 0 spiro atoms. The molecule has 8 heterocycles. The number of aromatic amines is 2. The number of amides is 3. The first-order chi connectivity index (χ1) is 58.5. The van der Waals surface area contributed by atoms with Gasteiger partial charge in [0.25, 0.3) is 5.56 Å². The van der Waals surface area contributed by atoms with Gasteiger partial charge in [0.2, 0.25) is 11.1 Å². The molecule has 6 atom stereocenters. The smallest absolute Gasteiger partial charge is 0.438 e. The Morgan fingerprint density at radius 3 is 1.12 bits per heavy atom. The second-order valence-electron chi connectivity index (χ2n) is 36.2. The molecular weight excluding hydrogens is 1810 g/mol. The first-order valence-electron chi connectivity index (χ1n) is 42.5. The highest BCUT2D eigenvalue weighted by Crippen LogP contribution is 2.47. The van der Waals surface area contributed by atoms with E-state index >= 15 is 0 Å². The van der Waals surface area contributed by atoms with Gasteiger partial charge in [0, 0.05) is 114 Å². The third kappa shape index (κ3) is 25.8. The number of benzene rings is 6. The minimum atomic E-state index is -0.987. The van der Waals surface area contributed by atoms with Crippen molar-refractivity contribution in [3.8, 4) is 22.3 Å². The van der Waals surface area contributed by atoms with Gasteiger partial charge in [-0.15, -0.1) is 0 Å². The first kappa shape index (κ1) is 95.4. The highest BCUT2D eigenvalue weighted by atomic mass is 127. The van der Waals surface area contributed by atoms with Crippen LogP contribution in [0.15, 0.2) is 251 Å². The zero-order valence-electron chi connectivity index (χ0n) is 73.4. The molecule has 6 fully saturated rings. The molecule has 2 saturated carbocycles. The highest BCUT2D eigenvalue weighted by molar-refractivity contribution is 14.1. The summed E-state index contributed by atoms with van der Waals surface area (Å²) < 4.78 is 34.6. The van der Waals surface area contributed by atoms with Crippen molar-refractivity contribution in [1.82, 2.24) is 34.2 Å². The lowest BCUT2D eigenvalue weighted by Gasteiger charge is -2.45. The van der Waals surface area contributed by atoms with Crippen LogP contribution in [0, 0.1) is 13.1 Å². The summed E-state index contributed by atoms with van der Waals surface area (Å²) in [5.41, 5.74) is 3.83. The van der Waals surface area contributed by atoms with Crippen LogP contribution >= 0.6 is 56.8 Å². The number of hydrogen-bond acceptors (Lipinski definition) is 15. The maximum Gasteiger partial charge on any atom is 0.494 e. The topological polar surface area (TPSA) is 268 Å². The van der Waals surface area contributed by atoms with Crippen molar-refractivity contribution in [2.24, 2.45) is 5.92 Å². The van der Waals surface area contributed by atoms with Gasteiger partial charge in [0.15, 0.2) is 0 Å². The highest BCUT2D eigenvalue weighted by Gasteiger charge is 2.53. The molecule has 6 aromatic carbocycles. The van der Waals surface area contributed by atoms with E-state index in [1.807, 2.05) is 253 Å². The van der Waals surface area contributed by atoms with Gasteiger partial charge in [-0.1, -0.05) is 195 Å². The monoisotopic (exact) mass is 1930 g/mol. The molecule has 656 valence electrons. The van der Waals surface area contributed by atoms with Crippen molar-refractivity contribution in [2.45, 2.75) is 230 Å². The summed E-state index contributed by atoms with van der Waals surface area (Å²) in [5, 5.41) is 32.3. The SMILES string of the molecule is CC1CC1.C[C@@H](c1ccc(-c2cc[nH]c(=O)c2)cc1)N1CC[C@](CC(C)(C)O)(c2ccccc2)OC1=O.C[C@@H](c1ccc(-c2ccn(C3CC3)c(=O)c2)cc1)N1CC[C@](CC(C)(C)O)(c2ccccc2)OC1=O.C[C@@H](c1ccc(B2OC(C)(C)C(C)(C)O2)cc1)N1CC[C@](CC(C)(C)O)(c2ccccc2)OC1=O.Clc1cc(I)ccn1.O=c1cc(I)cc[nH]1. The molecule has 21 nitrogen and oxygen atoms in total. The van der Waals surface area contributed by atoms with E-state index in [1.54, 1.807) is 93.0 Å². The van der Waals surface area contributed by atoms with E-state index in [9.17, 15) is 44.1 Å². The molecule has 25 heteroatoms. The van der Waals surface area contributed by atoms with E-state index in [2.05, 4.69) is 67.1 Å². The third-order valence-electron chi connectivity index (χ3n) is 23.6. The number of aromatic nitrogens is 4. The summed E-state index contributed by atoms with van der Waals surface area (Å²) in [5.74, 6) is 1.08. The number of halogens is 3. The zero-order valence-corrected chi connectivity index (χ0v) is 78.4. The van der Waals surface area contributed by atoms with Gasteiger partial charge in [-0.25, -0.2) is 19.4 Å². The quantitative estimate of drug-likeness (QED) is 0.0218.